The Kier molecular flexibility index (Phi) is 3.64. The van der Waals surface area contributed by atoms with Gasteiger partial charge < -0.3 is 10.2 Å². The van der Waals surface area contributed by atoms with E-state index < -0.39 is 0 Å². The van der Waals surface area contributed by atoms with Gasteiger partial charge in [0, 0.05) is 24.2 Å². The van der Waals surface area contributed by atoms with Crippen molar-refractivity contribution in [1.82, 2.24) is 4.90 Å². The Balaban J connectivity index is 2.25. The van der Waals surface area contributed by atoms with Gasteiger partial charge in [-0.05, 0) is 38.0 Å². The maximum atomic E-state index is 3.50. The molecule has 0 aliphatic heterocycles. The number of hydrogen-bond acceptors (Lipinski definition) is 2. The van der Waals surface area contributed by atoms with Gasteiger partial charge in [0.15, 0.2) is 0 Å². The van der Waals surface area contributed by atoms with E-state index in [0.717, 1.165) is 13.1 Å². The second-order valence-electron chi connectivity index (χ2n) is 4.71. The van der Waals surface area contributed by atoms with Crippen molar-refractivity contribution >= 4 is 16.5 Å². The van der Waals surface area contributed by atoms with Crippen molar-refractivity contribution in [3.8, 4) is 0 Å². The Labute approximate surface area is 103 Å². The molecule has 0 heterocycles. The lowest BCUT2D eigenvalue weighted by Gasteiger charge is -2.13. The van der Waals surface area contributed by atoms with Crippen molar-refractivity contribution < 1.29 is 0 Å². The van der Waals surface area contributed by atoms with Gasteiger partial charge in [0.2, 0.25) is 0 Å². The third-order valence-corrected chi connectivity index (χ3v) is 3.01. The number of anilines is 1. The average molecular weight is 228 g/mol. The van der Waals surface area contributed by atoms with E-state index in [1.54, 1.807) is 0 Å². The van der Waals surface area contributed by atoms with Crippen molar-refractivity contribution in [2.45, 2.75) is 6.92 Å². The minimum Gasteiger partial charge on any atom is -0.383 e. The van der Waals surface area contributed by atoms with Crippen molar-refractivity contribution in [3.63, 3.8) is 0 Å². The Morgan fingerprint density at radius 2 is 1.71 bits per heavy atom. The molecule has 0 atom stereocenters. The van der Waals surface area contributed by atoms with E-state index in [4.69, 9.17) is 0 Å². The number of nitrogens with zero attached hydrogens (tertiary/aromatic N) is 1. The fourth-order valence-corrected chi connectivity index (χ4v) is 2.04. The summed E-state index contributed by atoms with van der Waals surface area (Å²) in [6.07, 6.45) is 0. The minimum atomic E-state index is 0.972. The van der Waals surface area contributed by atoms with Crippen LogP contribution in [0.4, 0.5) is 5.69 Å². The molecule has 0 fully saturated rings. The molecule has 0 saturated heterocycles. The van der Waals surface area contributed by atoms with Gasteiger partial charge in [0.1, 0.15) is 0 Å². The number of benzene rings is 2. The predicted octanol–water partition coefficient (Wildman–Crippen LogP) is 3.12. The zero-order chi connectivity index (χ0) is 12.3. The molecule has 2 rings (SSSR count). The summed E-state index contributed by atoms with van der Waals surface area (Å²) in [7, 11) is 4.18. The minimum absolute atomic E-state index is 0.972. The molecule has 0 aliphatic carbocycles. The molecule has 0 aromatic heterocycles. The first-order chi connectivity index (χ1) is 8.18. The Bertz CT molecular complexity index is 503. The van der Waals surface area contributed by atoms with Crippen LogP contribution in [0.5, 0.6) is 0 Å². The maximum absolute atomic E-state index is 3.50. The van der Waals surface area contributed by atoms with E-state index in [2.05, 4.69) is 67.6 Å². The van der Waals surface area contributed by atoms with Crippen molar-refractivity contribution in [1.29, 1.82) is 0 Å². The first-order valence-electron chi connectivity index (χ1n) is 6.05. The van der Waals surface area contributed by atoms with Crippen LogP contribution >= 0.6 is 0 Å². The Morgan fingerprint density at radius 1 is 1.00 bits per heavy atom. The normalized spacial score (nSPS) is 11.1. The van der Waals surface area contributed by atoms with Gasteiger partial charge in [0.25, 0.3) is 0 Å². The second-order valence-corrected chi connectivity index (χ2v) is 4.71. The predicted molar refractivity (Wildman–Crippen MR) is 75.7 cm³/mol. The third kappa shape index (κ3) is 2.77. The highest BCUT2D eigenvalue weighted by Crippen LogP contribution is 2.25. The van der Waals surface area contributed by atoms with E-state index >= 15 is 0 Å². The zero-order valence-corrected chi connectivity index (χ0v) is 10.8. The van der Waals surface area contributed by atoms with E-state index in [9.17, 15) is 0 Å². The quantitative estimate of drug-likeness (QED) is 0.865. The third-order valence-electron chi connectivity index (χ3n) is 3.01. The average Bonchev–Trinajstić information content (AvgIpc) is 2.30. The van der Waals surface area contributed by atoms with Crippen LogP contribution in [0.25, 0.3) is 10.8 Å². The SMILES string of the molecule is Cc1cccc2c(NCCN(C)C)cccc12. The van der Waals surface area contributed by atoms with Crippen molar-refractivity contribution in [3.05, 3.63) is 42.0 Å². The van der Waals surface area contributed by atoms with Crippen LogP contribution in [0.3, 0.4) is 0 Å². The number of aryl methyl sites for hydroxylation is 1. The van der Waals surface area contributed by atoms with E-state index in [-0.39, 0.29) is 0 Å². The Hall–Kier alpha value is -1.54. The number of rotatable bonds is 4. The molecule has 0 radical (unpaired) electrons. The molecule has 2 heteroatoms. The number of fused-ring (bicyclic) bond motifs is 1. The van der Waals surface area contributed by atoms with Crippen molar-refractivity contribution in [2.24, 2.45) is 0 Å². The van der Waals surface area contributed by atoms with Crippen LogP contribution in [0.2, 0.25) is 0 Å². The van der Waals surface area contributed by atoms with Crippen LogP contribution < -0.4 is 5.32 Å². The summed E-state index contributed by atoms with van der Waals surface area (Å²) in [4.78, 5) is 2.18. The standard InChI is InChI=1S/C15H20N2/c1-12-6-4-8-14-13(12)7-5-9-15(14)16-10-11-17(2)3/h4-9,16H,10-11H2,1-3H3. The highest BCUT2D eigenvalue weighted by atomic mass is 15.1. The van der Waals surface area contributed by atoms with E-state index in [1.165, 1.54) is 22.0 Å². The summed E-state index contributed by atoms with van der Waals surface area (Å²) in [6.45, 7) is 4.17. The first-order valence-corrected chi connectivity index (χ1v) is 6.05. The summed E-state index contributed by atoms with van der Waals surface area (Å²) >= 11 is 0. The molecule has 2 nitrogen and oxygen atoms in total. The number of likely N-dealkylation sites (N-methyl/N-ethyl adjacent to an activating group) is 1. The highest BCUT2D eigenvalue weighted by molar-refractivity contribution is 5.95. The van der Waals surface area contributed by atoms with Gasteiger partial charge in [0.05, 0.1) is 0 Å². The molecule has 0 saturated carbocycles. The zero-order valence-electron chi connectivity index (χ0n) is 10.8. The topological polar surface area (TPSA) is 15.3 Å². The molecular weight excluding hydrogens is 208 g/mol. The molecule has 2 aromatic rings. The van der Waals surface area contributed by atoms with Crippen LogP contribution in [0, 0.1) is 6.92 Å². The van der Waals surface area contributed by atoms with Crippen molar-refractivity contribution in [2.75, 3.05) is 32.5 Å². The van der Waals surface area contributed by atoms with Gasteiger partial charge in [-0.1, -0.05) is 30.3 Å². The van der Waals surface area contributed by atoms with Crippen LogP contribution in [-0.4, -0.2) is 32.1 Å². The smallest absolute Gasteiger partial charge is 0.0420 e. The van der Waals surface area contributed by atoms with Crippen LogP contribution in [0.1, 0.15) is 5.56 Å². The molecule has 0 spiro atoms. The lowest BCUT2D eigenvalue weighted by molar-refractivity contribution is 0.425. The molecule has 90 valence electrons. The number of nitrogens with one attached hydrogen (secondary N) is 1. The molecule has 17 heavy (non-hydrogen) atoms. The van der Waals surface area contributed by atoms with E-state index in [0.29, 0.717) is 0 Å². The molecule has 2 aromatic carbocycles. The molecule has 0 aliphatic rings. The lowest BCUT2D eigenvalue weighted by atomic mass is 10.0. The Morgan fingerprint density at radius 3 is 2.47 bits per heavy atom. The van der Waals surface area contributed by atoms with Crippen LogP contribution in [0.15, 0.2) is 36.4 Å². The molecular formula is C15H20N2. The van der Waals surface area contributed by atoms with Gasteiger partial charge in [-0.3, -0.25) is 0 Å². The summed E-state index contributed by atoms with van der Waals surface area (Å²) < 4.78 is 0. The summed E-state index contributed by atoms with van der Waals surface area (Å²) in [6, 6.07) is 12.9. The maximum Gasteiger partial charge on any atom is 0.0420 e. The fraction of sp³-hybridized carbons (Fsp3) is 0.333. The lowest BCUT2D eigenvalue weighted by Crippen LogP contribution is -2.20. The summed E-state index contributed by atoms with van der Waals surface area (Å²) in [5, 5.41) is 6.15. The first kappa shape index (κ1) is 11.9. The monoisotopic (exact) mass is 228 g/mol. The molecule has 0 unspecified atom stereocenters. The molecule has 0 bridgehead atoms. The summed E-state index contributed by atoms with van der Waals surface area (Å²) in [5.74, 6) is 0. The van der Waals surface area contributed by atoms with Gasteiger partial charge in [-0.15, -0.1) is 0 Å². The number of hydrogen-bond donors (Lipinski definition) is 1. The van der Waals surface area contributed by atoms with Gasteiger partial charge >= 0.3 is 0 Å². The van der Waals surface area contributed by atoms with Gasteiger partial charge in [-0.2, -0.15) is 0 Å². The largest absolute Gasteiger partial charge is 0.383 e. The molecule has 1 N–H and O–H groups in total. The fourth-order valence-electron chi connectivity index (χ4n) is 2.04. The van der Waals surface area contributed by atoms with Crippen LogP contribution in [-0.2, 0) is 0 Å². The summed E-state index contributed by atoms with van der Waals surface area (Å²) in [5.41, 5.74) is 2.56. The molecule has 0 amide bonds. The van der Waals surface area contributed by atoms with E-state index in [1.807, 2.05) is 0 Å². The second kappa shape index (κ2) is 5.19. The highest BCUT2D eigenvalue weighted by Gasteiger charge is 2.01. The van der Waals surface area contributed by atoms with Gasteiger partial charge in [-0.25, -0.2) is 0 Å².